The van der Waals surface area contributed by atoms with Crippen molar-refractivity contribution in [2.75, 3.05) is 13.7 Å². The molecule has 6 nitrogen and oxygen atoms in total. The summed E-state index contributed by atoms with van der Waals surface area (Å²) in [6.07, 6.45) is 2.24. The molecule has 88 valence electrons. The van der Waals surface area contributed by atoms with Gasteiger partial charge in [-0.3, -0.25) is 0 Å². The predicted octanol–water partition coefficient (Wildman–Crippen LogP) is 0.204. The molecule has 0 amide bonds. The Bertz CT molecular complexity index is 332. The van der Waals surface area contributed by atoms with E-state index in [2.05, 4.69) is 9.97 Å². The predicted molar refractivity (Wildman–Crippen MR) is 55.4 cm³/mol. The number of aliphatic hydroxyl groups excluding tert-OH is 1. The van der Waals surface area contributed by atoms with Crippen molar-refractivity contribution in [1.29, 1.82) is 0 Å². The summed E-state index contributed by atoms with van der Waals surface area (Å²) in [4.78, 5) is 17.8. The van der Waals surface area contributed by atoms with Crippen LogP contribution in [0.3, 0.4) is 0 Å². The van der Waals surface area contributed by atoms with Gasteiger partial charge >= 0.3 is 6.01 Å². The highest BCUT2D eigenvalue weighted by Crippen LogP contribution is 2.09. The van der Waals surface area contributed by atoms with Crippen LogP contribution in [0, 0.1) is 0 Å². The maximum absolute atomic E-state index is 10.1. The van der Waals surface area contributed by atoms with Crippen LogP contribution in [0.25, 0.3) is 0 Å². The minimum Gasteiger partial charge on any atom is -0.481 e. The van der Waals surface area contributed by atoms with Gasteiger partial charge in [0.1, 0.15) is 12.9 Å². The van der Waals surface area contributed by atoms with E-state index in [1.54, 1.807) is 6.07 Å². The molecule has 0 saturated heterocycles. The van der Waals surface area contributed by atoms with Crippen LogP contribution in [-0.4, -0.2) is 41.2 Å². The van der Waals surface area contributed by atoms with Crippen molar-refractivity contribution in [2.45, 2.75) is 18.9 Å². The van der Waals surface area contributed by atoms with Crippen molar-refractivity contribution in [3.8, 4) is 11.9 Å². The Morgan fingerprint density at radius 3 is 3.12 bits per heavy atom. The van der Waals surface area contributed by atoms with E-state index in [1.165, 1.54) is 13.3 Å². The maximum atomic E-state index is 10.1. The Labute approximate surface area is 93.2 Å². The summed E-state index contributed by atoms with van der Waals surface area (Å²) >= 11 is 0. The number of methoxy groups -OCH3 is 1. The van der Waals surface area contributed by atoms with Crippen LogP contribution in [0.4, 0.5) is 0 Å². The van der Waals surface area contributed by atoms with Gasteiger partial charge in [0.05, 0.1) is 13.2 Å². The number of rotatable bonds is 7. The van der Waals surface area contributed by atoms with Gasteiger partial charge in [-0.05, 0) is 6.42 Å². The molecule has 0 aliphatic heterocycles. The van der Waals surface area contributed by atoms with Gasteiger partial charge in [0, 0.05) is 18.7 Å². The van der Waals surface area contributed by atoms with Crippen molar-refractivity contribution in [3.63, 3.8) is 0 Å². The first-order valence-electron chi connectivity index (χ1n) is 4.87. The van der Waals surface area contributed by atoms with Crippen LogP contribution in [0.2, 0.25) is 0 Å². The normalized spacial score (nSPS) is 11.9. The second kappa shape index (κ2) is 6.73. The van der Waals surface area contributed by atoms with Gasteiger partial charge in [0.25, 0.3) is 0 Å². The van der Waals surface area contributed by atoms with E-state index in [4.69, 9.17) is 9.47 Å². The Morgan fingerprint density at radius 1 is 1.62 bits per heavy atom. The molecule has 1 rings (SSSR count). The highest BCUT2D eigenvalue weighted by molar-refractivity contribution is 5.49. The Hall–Kier alpha value is -1.69. The van der Waals surface area contributed by atoms with Crippen LogP contribution in [-0.2, 0) is 4.79 Å². The van der Waals surface area contributed by atoms with E-state index < -0.39 is 6.10 Å². The maximum Gasteiger partial charge on any atom is 0.319 e. The van der Waals surface area contributed by atoms with Crippen LogP contribution < -0.4 is 9.47 Å². The zero-order valence-corrected chi connectivity index (χ0v) is 9.00. The van der Waals surface area contributed by atoms with Crippen molar-refractivity contribution < 1.29 is 19.4 Å². The molecule has 1 aromatic heterocycles. The summed E-state index contributed by atoms with van der Waals surface area (Å²) in [5, 5.41) is 9.40. The fourth-order valence-corrected chi connectivity index (χ4v) is 1.02. The number of nitrogens with zero attached hydrogens (tertiary/aromatic N) is 2. The van der Waals surface area contributed by atoms with Gasteiger partial charge in [-0.25, -0.2) is 4.98 Å². The largest absolute Gasteiger partial charge is 0.481 e. The van der Waals surface area contributed by atoms with Crippen molar-refractivity contribution >= 4 is 6.29 Å². The lowest BCUT2D eigenvalue weighted by Crippen LogP contribution is -2.18. The van der Waals surface area contributed by atoms with Crippen molar-refractivity contribution in [1.82, 2.24) is 9.97 Å². The third-order valence-corrected chi connectivity index (χ3v) is 1.84. The molecule has 0 fully saturated rings. The molecule has 0 aliphatic carbocycles. The molecule has 0 spiro atoms. The molecule has 0 aromatic carbocycles. The van der Waals surface area contributed by atoms with Crippen LogP contribution >= 0.6 is 0 Å². The number of hydrogen-bond donors (Lipinski definition) is 1. The standard InChI is InChI=1S/C10H14N2O4/c1-15-9-4-5-11-10(12-9)16-7-8(14)3-2-6-13/h4-6,8,14H,2-3,7H2,1H3/t8-/m0/s1. The quantitative estimate of drug-likeness (QED) is 0.669. The lowest BCUT2D eigenvalue weighted by Gasteiger charge is -2.09. The van der Waals surface area contributed by atoms with Gasteiger partial charge in [0.2, 0.25) is 5.88 Å². The highest BCUT2D eigenvalue weighted by Gasteiger charge is 2.06. The van der Waals surface area contributed by atoms with E-state index in [-0.39, 0.29) is 12.6 Å². The molecule has 0 saturated carbocycles. The summed E-state index contributed by atoms with van der Waals surface area (Å²) < 4.78 is 10.0. The first-order valence-corrected chi connectivity index (χ1v) is 4.87. The highest BCUT2D eigenvalue weighted by atomic mass is 16.5. The monoisotopic (exact) mass is 226 g/mol. The van der Waals surface area contributed by atoms with Gasteiger partial charge in [-0.15, -0.1) is 0 Å². The number of aliphatic hydroxyl groups is 1. The SMILES string of the molecule is COc1ccnc(OC[C@@H](O)CCC=O)n1. The summed E-state index contributed by atoms with van der Waals surface area (Å²) in [7, 11) is 1.49. The third kappa shape index (κ3) is 4.22. The Morgan fingerprint density at radius 2 is 2.44 bits per heavy atom. The molecule has 6 heteroatoms. The molecule has 0 unspecified atom stereocenters. The van der Waals surface area contributed by atoms with Crippen LogP contribution in [0.15, 0.2) is 12.3 Å². The fourth-order valence-electron chi connectivity index (χ4n) is 1.02. The zero-order valence-electron chi connectivity index (χ0n) is 9.00. The molecule has 0 bridgehead atoms. The van der Waals surface area contributed by atoms with E-state index in [0.29, 0.717) is 18.7 Å². The average Bonchev–Trinajstić information content (AvgIpc) is 2.34. The van der Waals surface area contributed by atoms with Crippen LogP contribution in [0.1, 0.15) is 12.8 Å². The number of carbonyl (C=O) groups is 1. The van der Waals surface area contributed by atoms with Gasteiger partial charge in [-0.2, -0.15) is 4.98 Å². The number of aromatic nitrogens is 2. The lowest BCUT2D eigenvalue weighted by atomic mass is 10.2. The molecular formula is C10H14N2O4. The minimum atomic E-state index is -0.694. The van der Waals surface area contributed by atoms with Crippen molar-refractivity contribution in [2.24, 2.45) is 0 Å². The summed E-state index contributed by atoms with van der Waals surface area (Å²) in [5.41, 5.74) is 0. The molecule has 0 aliphatic rings. The number of aldehydes is 1. The Kier molecular flexibility index (Phi) is 5.21. The minimum absolute atomic E-state index is 0.0566. The average molecular weight is 226 g/mol. The van der Waals surface area contributed by atoms with Gasteiger partial charge in [-0.1, -0.05) is 0 Å². The molecule has 0 radical (unpaired) electrons. The summed E-state index contributed by atoms with van der Waals surface area (Å²) in [6.45, 7) is 0.0566. The third-order valence-electron chi connectivity index (χ3n) is 1.84. The van der Waals surface area contributed by atoms with Crippen molar-refractivity contribution in [3.05, 3.63) is 12.3 Å². The summed E-state index contributed by atoms with van der Waals surface area (Å²) in [5.74, 6) is 0.396. The van der Waals surface area contributed by atoms with Gasteiger partial charge < -0.3 is 19.4 Å². The van der Waals surface area contributed by atoms with Crippen LogP contribution in [0.5, 0.6) is 11.9 Å². The second-order valence-corrected chi connectivity index (χ2v) is 3.09. The molecule has 1 aromatic rings. The lowest BCUT2D eigenvalue weighted by molar-refractivity contribution is -0.108. The molecule has 1 atom stereocenters. The summed E-state index contributed by atoms with van der Waals surface area (Å²) in [6, 6.07) is 1.74. The number of carbonyl (C=O) groups excluding carboxylic acids is 1. The fraction of sp³-hybridized carbons (Fsp3) is 0.500. The molecule has 1 heterocycles. The van der Waals surface area contributed by atoms with E-state index in [1.807, 2.05) is 0 Å². The smallest absolute Gasteiger partial charge is 0.319 e. The first kappa shape index (κ1) is 12.4. The van der Waals surface area contributed by atoms with E-state index >= 15 is 0 Å². The van der Waals surface area contributed by atoms with Gasteiger partial charge in [0.15, 0.2) is 0 Å². The first-order chi connectivity index (χ1) is 7.76. The second-order valence-electron chi connectivity index (χ2n) is 3.09. The zero-order chi connectivity index (χ0) is 11.8. The van der Waals surface area contributed by atoms with E-state index in [0.717, 1.165) is 6.29 Å². The topological polar surface area (TPSA) is 81.5 Å². The molecule has 16 heavy (non-hydrogen) atoms. The Balaban J connectivity index is 2.38. The number of hydrogen-bond acceptors (Lipinski definition) is 6. The molecule has 1 N–H and O–H groups in total. The number of ether oxygens (including phenoxy) is 2. The van der Waals surface area contributed by atoms with E-state index in [9.17, 15) is 9.90 Å². The molecular weight excluding hydrogens is 212 g/mol.